The number of aromatic amines is 2. The summed E-state index contributed by atoms with van der Waals surface area (Å²) >= 11 is 0. The minimum Gasteiger partial charge on any atom is -0.335 e. The molecule has 0 atom stereocenters. The normalized spacial score (nSPS) is 13.5. The fraction of sp³-hybridized carbons (Fsp3) is 0.172. The third-order valence-corrected chi connectivity index (χ3v) is 7.80. The van der Waals surface area contributed by atoms with E-state index in [0.717, 1.165) is 30.2 Å². The van der Waals surface area contributed by atoms with Gasteiger partial charge in [0.25, 0.3) is 0 Å². The van der Waals surface area contributed by atoms with Gasteiger partial charge in [-0.1, -0.05) is 0 Å². The van der Waals surface area contributed by atoms with Crippen LogP contribution in [0.3, 0.4) is 0 Å². The lowest BCUT2D eigenvalue weighted by atomic mass is 10.0. The molecule has 1 amide bonds. The van der Waals surface area contributed by atoms with Crippen molar-refractivity contribution in [2.24, 2.45) is 5.92 Å². The molecule has 1 saturated carbocycles. The second-order valence-electron chi connectivity index (χ2n) is 10.5. The number of amides is 1. The molecule has 0 saturated heterocycles. The van der Waals surface area contributed by atoms with Crippen molar-refractivity contribution in [3.63, 3.8) is 0 Å². The van der Waals surface area contributed by atoms with E-state index in [2.05, 4.69) is 45.2 Å². The van der Waals surface area contributed by atoms with Gasteiger partial charge in [-0.2, -0.15) is 5.10 Å². The molecule has 216 valence electrons. The van der Waals surface area contributed by atoms with Crippen LogP contribution >= 0.6 is 0 Å². The maximum absolute atomic E-state index is 14.6. The number of anilines is 1. The Hall–Kier alpha value is -5.08. The van der Waals surface area contributed by atoms with Crippen LogP contribution in [0, 0.1) is 11.7 Å². The van der Waals surface area contributed by atoms with E-state index in [9.17, 15) is 17.6 Å². The van der Waals surface area contributed by atoms with E-state index in [4.69, 9.17) is 0 Å². The lowest BCUT2D eigenvalue weighted by Gasteiger charge is -2.08. The van der Waals surface area contributed by atoms with Gasteiger partial charge >= 0.3 is 0 Å². The van der Waals surface area contributed by atoms with Crippen LogP contribution in [0.2, 0.25) is 0 Å². The number of fused-ring (bicyclic) bond motifs is 2. The van der Waals surface area contributed by atoms with Crippen LogP contribution in [0.4, 0.5) is 10.1 Å². The number of carbonyl (C=O) groups is 1. The van der Waals surface area contributed by atoms with Crippen molar-refractivity contribution in [2.45, 2.75) is 19.4 Å². The predicted molar refractivity (Wildman–Crippen MR) is 158 cm³/mol. The minimum atomic E-state index is -3.45. The van der Waals surface area contributed by atoms with Gasteiger partial charge < -0.3 is 10.3 Å². The van der Waals surface area contributed by atoms with Gasteiger partial charge in [-0.3, -0.25) is 14.9 Å². The third kappa shape index (κ3) is 5.57. The first kappa shape index (κ1) is 26.8. The van der Waals surface area contributed by atoms with Crippen LogP contribution < -0.4 is 10.0 Å². The monoisotopic (exact) mass is 597 g/mol. The van der Waals surface area contributed by atoms with Crippen molar-refractivity contribution in [2.75, 3.05) is 11.6 Å². The zero-order valence-electron chi connectivity index (χ0n) is 22.7. The Labute approximate surface area is 244 Å². The molecule has 0 bridgehead atoms. The molecule has 7 rings (SSSR count). The molecule has 12 nitrogen and oxygen atoms in total. The van der Waals surface area contributed by atoms with Crippen molar-refractivity contribution in [3.8, 4) is 33.8 Å². The summed E-state index contributed by atoms with van der Waals surface area (Å²) in [6, 6.07) is 9.88. The number of halogens is 1. The average Bonchev–Trinajstić information content (AvgIpc) is 3.61. The Morgan fingerprint density at radius 2 is 1.86 bits per heavy atom. The molecule has 0 aliphatic heterocycles. The van der Waals surface area contributed by atoms with Crippen LogP contribution in [0.5, 0.6) is 0 Å². The SMILES string of the molecule is CS(=O)(=O)NCc1cc(F)cc(-c2ccnc3nc(-c4[nH]nc5ncc(-c6cncc(NC(=O)C7CC7)c6)cc45)[nH]c23)c1. The first-order valence-electron chi connectivity index (χ1n) is 13.4. The first-order valence-corrected chi connectivity index (χ1v) is 15.3. The molecule has 5 heterocycles. The zero-order chi connectivity index (χ0) is 29.7. The van der Waals surface area contributed by atoms with E-state index in [1.807, 2.05) is 12.1 Å². The summed E-state index contributed by atoms with van der Waals surface area (Å²) in [6.45, 7) is -0.0488. The van der Waals surface area contributed by atoms with Gasteiger partial charge in [-0.15, -0.1) is 0 Å². The number of benzene rings is 1. The van der Waals surface area contributed by atoms with Gasteiger partial charge in [0, 0.05) is 47.7 Å². The number of aromatic nitrogens is 7. The predicted octanol–water partition coefficient (Wildman–Crippen LogP) is 4.16. The van der Waals surface area contributed by atoms with E-state index in [1.54, 1.807) is 36.9 Å². The minimum absolute atomic E-state index is 0.00236. The van der Waals surface area contributed by atoms with E-state index < -0.39 is 15.8 Å². The topological polar surface area (TPSA) is 171 Å². The van der Waals surface area contributed by atoms with Crippen molar-refractivity contribution >= 4 is 43.8 Å². The van der Waals surface area contributed by atoms with E-state index in [-0.39, 0.29) is 18.4 Å². The van der Waals surface area contributed by atoms with Crippen LogP contribution in [0.15, 0.2) is 61.2 Å². The molecular weight excluding hydrogens is 573 g/mol. The van der Waals surface area contributed by atoms with Crippen LogP contribution in [-0.2, 0) is 21.4 Å². The standard InChI is InChI=1S/C29H24FN9O3S/c1-43(41,42)34-11-15-6-17(8-20(30)7-15)22-4-5-32-27-24(22)36-28(37-27)25-23-10-19(13-33-26(23)39-38-25)18-9-21(14-31-12-18)35-29(40)16-2-3-16/h4-10,12-14,16,34H,2-3,11H2,1H3,(H,35,40)(H,32,36,37)(H,33,38,39). The van der Waals surface area contributed by atoms with Crippen LogP contribution in [0.25, 0.3) is 56.0 Å². The number of hydrogen-bond donors (Lipinski definition) is 4. The number of imidazole rings is 1. The molecule has 1 aromatic carbocycles. The third-order valence-electron chi connectivity index (χ3n) is 7.13. The fourth-order valence-corrected chi connectivity index (χ4v) is 5.32. The molecule has 6 aromatic rings. The number of nitrogens with one attached hydrogen (secondary N) is 4. The van der Waals surface area contributed by atoms with E-state index in [1.165, 1.54) is 12.1 Å². The summed E-state index contributed by atoms with van der Waals surface area (Å²) in [6.07, 6.45) is 9.45. The number of hydrogen-bond acceptors (Lipinski definition) is 8. The highest BCUT2D eigenvalue weighted by Crippen LogP contribution is 2.33. The lowest BCUT2D eigenvalue weighted by molar-refractivity contribution is -0.117. The zero-order valence-corrected chi connectivity index (χ0v) is 23.5. The summed E-state index contributed by atoms with van der Waals surface area (Å²) in [5.41, 5.74) is 5.84. The Balaban J connectivity index is 1.25. The Kier molecular flexibility index (Phi) is 6.43. The number of sulfonamides is 1. The van der Waals surface area contributed by atoms with Gasteiger partial charge in [-0.25, -0.2) is 32.5 Å². The van der Waals surface area contributed by atoms with E-state index in [0.29, 0.717) is 56.1 Å². The Morgan fingerprint density at radius 3 is 2.67 bits per heavy atom. The smallest absolute Gasteiger partial charge is 0.227 e. The lowest BCUT2D eigenvalue weighted by Crippen LogP contribution is -2.21. The Morgan fingerprint density at radius 1 is 1.02 bits per heavy atom. The van der Waals surface area contributed by atoms with Crippen molar-refractivity contribution in [1.29, 1.82) is 0 Å². The molecule has 5 aromatic heterocycles. The number of nitrogens with zero attached hydrogens (tertiary/aromatic N) is 5. The maximum atomic E-state index is 14.6. The highest BCUT2D eigenvalue weighted by Gasteiger charge is 2.29. The molecule has 14 heteroatoms. The largest absolute Gasteiger partial charge is 0.335 e. The average molecular weight is 598 g/mol. The molecule has 1 fully saturated rings. The highest BCUT2D eigenvalue weighted by atomic mass is 32.2. The second kappa shape index (κ2) is 10.3. The van der Waals surface area contributed by atoms with Crippen molar-refractivity contribution < 1.29 is 17.6 Å². The summed E-state index contributed by atoms with van der Waals surface area (Å²) in [5.74, 6) is 0.0306. The van der Waals surface area contributed by atoms with Gasteiger partial charge in [0.05, 0.1) is 29.0 Å². The first-order chi connectivity index (χ1) is 20.7. The van der Waals surface area contributed by atoms with Gasteiger partial charge in [0.1, 0.15) is 11.5 Å². The fourth-order valence-electron chi connectivity index (χ4n) is 4.89. The molecule has 0 radical (unpaired) electrons. The number of rotatable bonds is 8. The van der Waals surface area contributed by atoms with Crippen LogP contribution in [-0.4, -0.2) is 55.7 Å². The molecule has 1 aliphatic rings. The van der Waals surface area contributed by atoms with Gasteiger partial charge in [-0.05, 0) is 60.4 Å². The summed E-state index contributed by atoms with van der Waals surface area (Å²) < 4.78 is 40.1. The molecule has 4 N–H and O–H groups in total. The summed E-state index contributed by atoms with van der Waals surface area (Å²) in [7, 11) is -3.45. The Bertz CT molecular complexity index is 2160. The number of pyridine rings is 3. The second-order valence-corrected chi connectivity index (χ2v) is 12.3. The molecule has 0 spiro atoms. The van der Waals surface area contributed by atoms with E-state index >= 15 is 0 Å². The quantitative estimate of drug-likeness (QED) is 0.203. The molecule has 43 heavy (non-hydrogen) atoms. The molecule has 1 aliphatic carbocycles. The van der Waals surface area contributed by atoms with Gasteiger partial charge in [0.15, 0.2) is 17.1 Å². The summed E-state index contributed by atoms with van der Waals surface area (Å²) in [4.78, 5) is 33.4. The molecule has 0 unspecified atom stereocenters. The van der Waals surface area contributed by atoms with Gasteiger partial charge in [0.2, 0.25) is 15.9 Å². The van der Waals surface area contributed by atoms with Crippen LogP contribution in [0.1, 0.15) is 18.4 Å². The highest BCUT2D eigenvalue weighted by molar-refractivity contribution is 7.88. The summed E-state index contributed by atoms with van der Waals surface area (Å²) in [5, 5.41) is 11.0. The maximum Gasteiger partial charge on any atom is 0.227 e. The molecular formula is C29H24FN9O3S. The van der Waals surface area contributed by atoms with Crippen molar-refractivity contribution in [1.82, 2.24) is 39.8 Å². The number of carbonyl (C=O) groups excluding carboxylic acids is 1. The number of H-pyrrole nitrogens is 2. The van der Waals surface area contributed by atoms with Crippen molar-refractivity contribution in [3.05, 3.63) is 72.6 Å².